The third-order valence-electron chi connectivity index (χ3n) is 13.2. The molecule has 3 aliphatic heterocycles. The van der Waals surface area contributed by atoms with E-state index in [1.807, 2.05) is 46.8 Å². The van der Waals surface area contributed by atoms with Crippen molar-refractivity contribution in [3.05, 3.63) is 48.2 Å². The molecule has 16 unspecified atom stereocenters. The van der Waals surface area contributed by atoms with E-state index in [0.29, 0.717) is 50.7 Å². The summed E-state index contributed by atoms with van der Waals surface area (Å²) in [6.07, 6.45) is 9.72. The highest BCUT2D eigenvalue weighted by atomic mass is 16.6. The van der Waals surface area contributed by atoms with Gasteiger partial charge in [-0.25, -0.2) is 4.79 Å². The fourth-order valence-electron chi connectivity index (χ4n) is 9.31. The molecule has 16 atom stereocenters. The number of nitrogens with zero attached hydrogens (tertiary/aromatic N) is 1. The van der Waals surface area contributed by atoms with Crippen LogP contribution in [0.4, 0.5) is 0 Å². The largest absolute Gasteiger partial charge is 0.462 e. The third kappa shape index (κ3) is 15.4. The second-order valence-electron chi connectivity index (χ2n) is 17.8. The first-order valence-electron chi connectivity index (χ1n) is 22.3. The molecule has 0 radical (unpaired) electrons. The molecule has 1 N–H and O–H groups in total. The van der Waals surface area contributed by atoms with Gasteiger partial charge in [-0.1, -0.05) is 70.6 Å². The molecule has 1 saturated heterocycles. The lowest BCUT2D eigenvalue weighted by Gasteiger charge is -2.40. The van der Waals surface area contributed by atoms with Gasteiger partial charge in [-0.2, -0.15) is 0 Å². The molecule has 63 heavy (non-hydrogen) atoms. The van der Waals surface area contributed by atoms with Crippen molar-refractivity contribution < 1.29 is 66.9 Å². The summed E-state index contributed by atoms with van der Waals surface area (Å²) in [7, 11) is 9.61. The van der Waals surface area contributed by atoms with Gasteiger partial charge in [0.05, 0.1) is 55.4 Å². The third-order valence-corrected chi connectivity index (χ3v) is 13.2. The van der Waals surface area contributed by atoms with Crippen molar-refractivity contribution in [1.29, 1.82) is 0 Å². The van der Waals surface area contributed by atoms with E-state index in [0.717, 1.165) is 0 Å². The zero-order valence-electron chi connectivity index (χ0n) is 39.9. The quantitative estimate of drug-likeness (QED) is 0.0782. The van der Waals surface area contributed by atoms with Gasteiger partial charge in [0.25, 0.3) is 0 Å². The molecule has 1 amide bonds. The van der Waals surface area contributed by atoms with Crippen LogP contribution in [-0.2, 0) is 61.8 Å². The molecule has 15 heteroatoms. The number of ketones is 1. The lowest BCUT2D eigenvalue weighted by Crippen LogP contribution is -2.50. The Morgan fingerprint density at radius 2 is 1.62 bits per heavy atom. The average Bonchev–Trinajstić information content (AvgIpc) is 4.07. The highest BCUT2D eigenvalue weighted by molar-refractivity contribution is 5.82. The number of carbonyl (C=O) groups is 4. The Morgan fingerprint density at radius 1 is 0.968 bits per heavy atom. The number of cyclic esters (lactones) is 1. The number of aliphatic hydroxyl groups excluding tert-OH is 1. The Hall–Kier alpha value is -3.28. The summed E-state index contributed by atoms with van der Waals surface area (Å²) in [6.45, 7) is 13.0. The predicted octanol–water partition coefficient (Wildman–Crippen LogP) is 5.57. The van der Waals surface area contributed by atoms with Gasteiger partial charge in [0.2, 0.25) is 6.41 Å². The number of rotatable bonds is 18. The van der Waals surface area contributed by atoms with E-state index in [1.165, 1.54) is 17.9 Å². The van der Waals surface area contributed by atoms with Crippen molar-refractivity contribution in [1.82, 2.24) is 4.90 Å². The lowest BCUT2D eigenvalue weighted by molar-refractivity contribution is -0.169. The Morgan fingerprint density at radius 3 is 2.19 bits per heavy atom. The van der Waals surface area contributed by atoms with Gasteiger partial charge < -0.3 is 52.6 Å². The fraction of sp³-hybridized carbons (Fsp3) is 0.750. The zero-order chi connectivity index (χ0) is 47.0. The van der Waals surface area contributed by atoms with Crippen LogP contribution in [-0.4, -0.2) is 150 Å². The van der Waals surface area contributed by atoms with Crippen LogP contribution < -0.4 is 0 Å². The summed E-state index contributed by atoms with van der Waals surface area (Å²) in [6, 6.07) is 0. The minimum absolute atomic E-state index is 0.0215. The van der Waals surface area contributed by atoms with Crippen LogP contribution in [0, 0.1) is 29.6 Å². The maximum Gasteiger partial charge on any atom is 0.331 e. The summed E-state index contributed by atoms with van der Waals surface area (Å²) in [5, 5.41) is 11.2. The normalized spacial score (nSPS) is 32.7. The number of hydrogen-bond acceptors (Lipinski definition) is 14. The number of allylic oxidation sites excluding steroid dienone is 2. The second-order valence-corrected chi connectivity index (χ2v) is 17.8. The van der Waals surface area contributed by atoms with Crippen LogP contribution in [0.25, 0.3) is 0 Å². The summed E-state index contributed by atoms with van der Waals surface area (Å²) in [5.74, 6) is -3.19. The molecule has 3 aliphatic rings. The first-order valence-corrected chi connectivity index (χ1v) is 22.3. The van der Waals surface area contributed by atoms with E-state index >= 15 is 0 Å². The summed E-state index contributed by atoms with van der Waals surface area (Å²) in [5.41, 5.74) is -0.184. The summed E-state index contributed by atoms with van der Waals surface area (Å²) < 4.78 is 55.0. The number of amides is 1. The second kappa shape index (κ2) is 26.0. The number of methoxy groups -OCH3 is 5. The van der Waals surface area contributed by atoms with Crippen molar-refractivity contribution in [2.75, 3.05) is 49.2 Å². The van der Waals surface area contributed by atoms with E-state index in [4.69, 9.17) is 42.6 Å². The Kier molecular flexibility index (Phi) is 22.3. The maximum atomic E-state index is 13.8. The lowest BCUT2D eigenvalue weighted by atomic mass is 9.78. The molecule has 15 nitrogen and oxygen atoms in total. The summed E-state index contributed by atoms with van der Waals surface area (Å²) >= 11 is 0. The molecule has 0 aromatic heterocycles. The maximum absolute atomic E-state index is 13.8. The van der Waals surface area contributed by atoms with Crippen LogP contribution in [0.5, 0.6) is 0 Å². The van der Waals surface area contributed by atoms with Crippen LogP contribution in [0.3, 0.4) is 0 Å². The van der Waals surface area contributed by atoms with Gasteiger partial charge in [-0.3, -0.25) is 14.4 Å². The predicted molar refractivity (Wildman–Crippen MR) is 236 cm³/mol. The van der Waals surface area contributed by atoms with Crippen molar-refractivity contribution in [3.63, 3.8) is 0 Å². The van der Waals surface area contributed by atoms with Crippen LogP contribution in [0.2, 0.25) is 0 Å². The molecule has 3 rings (SSSR count). The number of Topliss-reactive ketones (excluding diaryl/α,β-unsaturated/α-hetero) is 1. The number of fused-ring (bicyclic) bond motifs is 2. The molecule has 2 bridgehead atoms. The van der Waals surface area contributed by atoms with E-state index in [9.17, 15) is 24.3 Å². The van der Waals surface area contributed by atoms with E-state index in [2.05, 4.69) is 6.08 Å². The SMILES string of the molecule is COC1CC2C=CCC(CC(OC)C3(CO3)C(OC)CC(OC)C(C)C(C(C)C(OC(C)=O)C(C)CCC(=O)C(C)C(OC)C(C)C=CN(C)C=O)OC(=O)C=CC(C)=CC1O)O2. The minimum Gasteiger partial charge on any atom is -0.462 e. The van der Waals surface area contributed by atoms with Crippen LogP contribution in [0.1, 0.15) is 87.0 Å². The van der Waals surface area contributed by atoms with Gasteiger partial charge in [-0.15, -0.1) is 0 Å². The standard InChI is InChI=1S/C48H77NO14/c1-29-17-20-44(54)63-47(34(6)46(61-35(7)51)30(2)18-19-38(52)32(4)45(59-13)31(3)21-22-49(8)28-50)33(5)40(55-9)26-43(58-12)48(27-60-48)42(57-11)25-37-16-14-15-36(62-37)24-41(56-10)39(53)23-29/h14-15,17,20-23,28,30-34,36-37,39-43,45-47,53H,16,18-19,24-27H2,1-13H3. The highest BCUT2D eigenvalue weighted by Crippen LogP contribution is 2.44. The van der Waals surface area contributed by atoms with Gasteiger partial charge in [0, 0.05) is 111 Å². The monoisotopic (exact) mass is 892 g/mol. The molecule has 358 valence electrons. The molecule has 1 fully saturated rings. The van der Waals surface area contributed by atoms with E-state index < -0.39 is 84.1 Å². The first kappa shape index (κ1) is 54.1. The van der Waals surface area contributed by atoms with Crippen LogP contribution >= 0.6 is 0 Å². The van der Waals surface area contributed by atoms with Gasteiger partial charge >= 0.3 is 11.9 Å². The van der Waals surface area contributed by atoms with Crippen molar-refractivity contribution in [3.8, 4) is 0 Å². The minimum atomic E-state index is -0.997. The van der Waals surface area contributed by atoms with E-state index in [1.54, 1.807) is 67.9 Å². The van der Waals surface area contributed by atoms with Gasteiger partial charge in [0.1, 0.15) is 23.6 Å². The molecule has 0 aliphatic carbocycles. The highest BCUT2D eigenvalue weighted by Gasteiger charge is 2.59. The van der Waals surface area contributed by atoms with Crippen molar-refractivity contribution >= 4 is 24.1 Å². The smallest absolute Gasteiger partial charge is 0.331 e. The number of epoxide rings is 1. The number of ether oxygens (including phenoxy) is 9. The number of esters is 2. The zero-order valence-corrected chi connectivity index (χ0v) is 39.9. The Bertz CT molecular complexity index is 1580. The molecule has 0 saturated carbocycles. The average molecular weight is 892 g/mol. The summed E-state index contributed by atoms with van der Waals surface area (Å²) in [4.78, 5) is 52.7. The Labute approximate surface area is 375 Å². The van der Waals surface area contributed by atoms with Crippen molar-refractivity contribution in [2.45, 2.75) is 154 Å². The Balaban J connectivity index is 2.00. The molecule has 3 heterocycles. The van der Waals surface area contributed by atoms with Crippen LogP contribution in [0.15, 0.2) is 48.2 Å². The molecule has 1 spiro atoms. The van der Waals surface area contributed by atoms with E-state index in [-0.39, 0.29) is 36.2 Å². The molecular formula is C48H77NO14. The molecule has 0 aromatic rings. The topological polar surface area (TPSA) is 178 Å². The van der Waals surface area contributed by atoms with Crippen molar-refractivity contribution in [2.24, 2.45) is 29.6 Å². The van der Waals surface area contributed by atoms with Gasteiger partial charge in [0.15, 0.2) is 0 Å². The number of aliphatic hydroxyl groups is 1. The number of carbonyl (C=O) groups excluding carboxylic acids is 4. The van der Waals surface area contributed by atoms with Gasteiger partial charge in [-0.05, 0) is 25.7 Å². The first-order chi connectivity index (χ1) is 29.9. The fourth-order valence-corrected chi connectivity index (χ4v) is 9.31. The molecule has 0 aromatic carbocycles. The molecular weight excluding hydrogens is 815 g/mol. The number of hydrogen-bond donors (Lipinski definition) is 1.